The van der Waals surface area contributed by atoms with Gasteiger partial charge in [-0.1, -0.05) is 23.7 Å². The fourth-order valence-corrected chi connectivity index (χ4v) is 2.68. The molecule has 0 spiro atoms. The first-order valence-electron chi connectivity index (χ1n) is 4.20. The maximum absolute atomic E-state index is 11.4. The third kappa shape index (κ3) is 1.56. The Morgan fingerprint density at radius 1 is 1.53 bits per heavy atom. The van der Waals surface area contributed by atoms with E-state index >= 15 is 0 Å². The number of esters is 1. The van der Waals surface area contributed by atoms with E-state index in [0.717, 1.165) is 10.1 Å². The summed E-state index contributed by atoms with van der Waals surface area (Å²) in [4.78, 5) is 11.8. The summed E-state index contributed by atoms with van der Waals surface area (Å²) in [6.07, 6.45) is 0. The van der Waals surface area contributed by atoms with E-state index in [-0.39, 0.29) is 0 Å². The van der Waals surface area contributed by atoms with Gasteiger partial charge in [-0.15, -0.1) is 11.3 Å². The summed E-state index contributed by atoms with van der Waals surface area (Å²) < 4.78 is 5.45. The molecule has 2 rings (SSSR count). The van der Waals surface area contributed by atoms with Crippen LogP contribution in [0.4, 0.5) is 5.69 Å². The Balaban J connectivity index is 2.75. The van der Waals surface area contributed by atoms with Crippen LogP contribution in [0.3, 0.4) is 0 Å². The molecule has 0 aliphatic rings. The molecule has 0 aliphatic carbocycles. The van der Waals surface area contributed by atoms with Gasteiger partial charge in [0.15, 0.2) is 0 Å². The van der Waals surface area contributed by atoms with Crippen LogP contribution in [0.2, 0.25) is 5.02 Å². The first kappa shape index (κ1) is 10.3. The van der Waals surface area contributed by atoms with Crippen molar-refractivity contribution in [2.24, 2.45) is 0 Å². The molecule has 1 aromatic heterocycles. The number of halogens is 1. The van der Waals surface area contributed by atoms with Crippen LogP contribution >= 0.6 is 22.9 Å². The van der Waals surface area contributed by atoms with Crippen molar-refractivity contribution >= 4 is 44.7 Å². The van der Waals surface area contributed by atoms with Crippen molar-refractivity contribution in [2.45, 2.75) is 0 Å². The third-order valence-corrected chi connectivity index (χ3v) is 3.74. The summed E-state index contributed by atoms with van der Waals surface area (Å²) in [7, 11) is 1.33. The van der Waals surface area contributed by atoms with Crippen LogP contribution in [0.15, 0.2) is 18.2 Å². The molecule has 5 heteroatoms. The van der Waals surface area contributed by atoms with Gasteiger partial charge in [-0.05, 0) is 6.07 Å². The SMILES string of the molecule is COC(=O)c1sc2c(Cl)cccc2c1N. The number of ether oxygens (including phenoxy) is 1. The summed E-state index contributed by atoms with van der Waals surface area (Å²) in [5, 5.41) is 1.40. The molecule has 0 saturated carbocycles. The molecule has 2 aromatic rings. The molecular weight excluding hydrogens is 234 g/mol. The van der Waals surface area contributed by atoms with E-state index < -0.39 is 5.97 Å². The van der Waals surface area contributed by atoms with Crippen LogP contribution in [0.5, 0.6) is 0 Å². The average molecular weight is 242 g/mol. The molecule has 0 aliphatic heterocycles. The minimum Gasteiger partial charge on any atom is -0.465 e. The zero-order valence-corrected chi connectivity index (χ0v) is 9.48. The lowest BCUT2D eigenvalue weighted by Crippen LogP contribution is -2.01. The largest absolute Gasteiger partial charge is 0.465 e. The highest BCUT2D eigenvalue weighted by Crippen LogP contribution is 2.37. The van der Waals surface area contributed by atoms with Gasteiger partial charge in [0.2, 0.25) is 0 Å². The topological polar surface area (TPSA) is 52.3 Å². The summed E-state index contributed by atoms with van der Waals surface area (Å²) in [5.74, 6) is -0.426. The Hall–Kier alpha value is -1.26. The molecule has 3 nitrogen and oxygen atoms in total. The van der Waals surface area contributed by atoms with Gasteiger partial charge in [0, 0.05) is 5.39 Å². The van der Waals surface area contributed by atoms with Crippen LogP contribution in [-0.2, 0) is 4.74 Å². The lowest BCUT2D eigenvalue weighted by molar-refractivity contribution is 0.0607. The van der Waals surface area contributed by atoms with Gasteiger partial charge in [0.05, 0.1) is 22.5 Å². The number of anilines is 1. The van der Waals surface area contributed by atoms with Crippen molar-refractivity contribution in [3.8, 4) is 0 Å². The average Bonchev–Trinajstić information content (AvgIpc) is 2.57. The Kier molecular flexibility index (Phi) is 2.54. The number of rotatable bonds is 1. The minimum absolute atomic E-state index is 0.403. The van der Waals surface area contributed by atoms with E-state index in [4.69, 9.17) is 17.3 Å². The van der Waals surface area contributed by atoms with E-state index in [2.05, 4.69) is 4.74 Å². The molecule has 0 saturated heterocycles. The molecular formula is C10H8ClNO2S. The van der Waals surface area contributed by atoms with Gasteiger partial charge < -0.3 is 10.5 Å². The number of fused-ring (bicyclic) bond motifs is 1. The summed E-state index contributed by atoms with van der Waals surface area (Å²) in [6, 6.07) is 5.40. The Morgan fingerprint density at radius 2 is 2.27 bits per heavy atom. The van der Waals surface area contributed by atoms with E-state index in [0.29, 0.717) is 15.6 Å². The number of nitrogen functional groups attached to an aromatic ring is 1. The number of hydrogen-bond donors (Lipinski definition) is 1. The molecule has 2 N–H and O–H groups in total. The highest BCUT2D eigenvalue weighted by Gasteiger charge is 2.17. The van der Waals surface area contributed by atoms with E-state index in [9.17, 15) is 4.79 Å². The second-order valence-electron chi connectivity index (χ2n) is 2.95. The minimum atomic E-state index is -0.426. The Labute approximate surface area is 95.4 Å². The van der Waals surface area contributed by atoms with Crippen molar-refractivity contribution in [2.75, 3.05) is 12.8 Å². The maximum Gasteiger partial charge on any atom is 0.350 e. The number of nitrogens with two attached hydrogens (primary N) is 1. The van der Waals surface area contributed by atoms with E-state index in [1.807, 2.05) is 6.07 Å². The van der Waals surface area contributed by atoms with Crippen molar-refractivity contribution in [1.29, 1.82) is 0 Å². The number of benzene rings is 1. The standard InChI is InChI=1S/C10H8ClNO2S/c1-14-10(13)9-7(12)5-3-2-4-6(11)8(5)15-9/h2-4H,12H2,1H3. The van der Waals surface area contributed by atoms with Gasteiger partial charge in [0.1, 0.15) is 4.88 Å². The summed E-state index contributed by atoms with van der Waals surface area (Å²) in [5.41, 5.74) is 6.27. The number of carbonyl (C=O) groups excluding carboxylic acids is 1. The molecule has 0 fully saturated rings. The highest BCUT2D eigenvalue weighted by atomic mass is 35.5. The molecule has 0 atom stereocenters. The molecule has 0 amide bonds. The second-order valence-corrected chi connectivity index (χ2v) is 4.38. The predicted molar refractivity (Wildman–Crippen MR) is 62.6 cm³/mol. The number of hydrogen-bond acceptors (Lipinski definition) is 4. The predicted octanol–water partition coefficient (Wildman–Crippen LogP) is 2.92. The quantitative estimate of drug-likeness (QED) is 0.781. The van der Waals surface area contributed by atoms with Gasteiger partial charge in [-0.3, -0.25) is 0 Å². The smallest absolute Gasteiger partial charge is 0.350 e. The van der Waals surface area contributed by atoms with Gasteiger partial charge in [-0.25, -0.2) is 4.79 Å². The van der Waals surface area contributed by atoms with Crippen molar-refractivity contribution < 1.29 is 9.53 Å². The molecule has 1 aromatic carbocycles. The second kappa shape index (κ2) is 3.72. The highest BCUT2D eigenvalue weighted by molar-refractivity contribution is 7.22. The monoisotopic (exact) mass is 241 g/mol. The van der Waals surface area contributed by atoms with Crippen LogP contribution < -0.4 is 5.73 Å². The number of carbonyl (C=O) groups is 1. The molecule has 0 radical (unpaired) electrons. The zero-order chi connectivity index (χ0) is 11.0. The van der Waals surface area contributed by atoms with E-state index in [1.54, 1.807) is 12.1 Å². The molecule has 0 unspecified atom stereocenters. The molecule has 78 valence electrons. The Morgan fingerprint density at radius 3 is 2.87 bits per heavy atom. The zero-order valence-electron chi connectivity index (χ0n) is 7.91. The first-order chi connectivity index (χ1) is 7.15. The summed E-state index contributed by atoms with van der Waals surface area (Å²) in [6.45, 7) is 0. The number of thiophene rings is 1. The fraction of sp³-hybridized carbons (Fsp3) is 0.100. The van der Waals surface area contributed by atoms with Crippen molar-refractivity contribution in [1.82, 2.24) is 0 Å². The number of methoxy groups -OCH3 is 1. The fourth-order valence-electron chi connectivity index (χ4n) is 1.35. The maximum atomic E-state index is 11.4. The first-order valence-corrected chi connectivity index (χ1v) is 5.39. The van der Waals surface area contributed by atoms with Crippen LogP contribution in [0.1, 0.15) is 9.67 Å². The van der Waals surface area contributed by atoms with Crippen molar-refractivity contribution in [3.05, 3.63) is 28.1 Å². The lowest BCUT2D eigenvalue weighted by atomic mass is 10.2. The summed E-state index contributed by atoms with van der Waals surface area (Å²) >= 11 is 7.24. The Bertz CT molecular complexity index is 535. The van der Waals surface area contributed by atoms with Gasteiger partial charge in [0.25, 0.3) is 0 Å². The van der Waals surface area contributed by atoms with Gasteiger partial charge in [-0.2, -0.15) is 0 Å². The molecule has 15 heavy (non-hydrogen) atoms. The van der Waals surface area contributed by atoms with Crippen LogP contribution in [0, 0.1) is 0 Å². The third-order valence-electron chi connectivity index (χ3n) is 2.08. The van der Waals surface area contributed by atoms with Crippen molar-refractivity contribution in [3.63, 3.8) is 0 Å². The van der Waals surface area contributed by atoms with Crippen LogP contribution in [-0.4, -0.2) is 13.1 Å². The molecule has 0 bridgehead atoms. The normalized spacial score (nSPS) is 10.5. The lowest BCUT2D eigenvalue weighted by Gasteiger charge is -1.95. The van der Waals surface area contributed by atoms with Crippen LogP contribution in [0.25, 0.3) is 10.1 Å². The van der Waals surface area contributed by atoms with Gasteiger partial charge >= 0.3 is 5.97 Å². The molecule has 1 heterocycles. The van der Waals surface area contributed by atoms with E-state index in [1.165, 1.54) is 18.4 Å².